The number of amides is 2. The Bertz CT molecular complexity index is 396. The van der Waals surface area contributed by atoms with Gasteiger partial charge >= 0.3 is 0 Å². The van der Waals surface area contributed by atoms with Crippen LogP contribution in [0.5, 0.6) is 0 Å². The van der Waals surface area contributed by atoms with Crippen molar-refractivity contribution >= 4 is 23.4 Å². The lowest BCUT2D eigenvalue weighted by Crippen LogP contribution is -2.25. The van der Waals surface area contributed by atoms with Crippen molar-refractivity contribution in [1.82, 2.24) is 10.6 Å². The lowest BCUT2D eigenvalue weighted by molar-refractivity contribution is -0.123. The van der Waals surface area contributed by atoms with E-state index in [9.17, 15) is 19.2 Å². The standard InChI is InChI=1S/C20H36N2O4/c1-17(23)11-5-3-9-15-21-19(25)13-7-8-14-20(26)22-16-10-4-6-12-18(2)24/h3-16H2,1-2H3,(H,21,25)(H,22,26). The van der Waals surface area contributed by atoms with Gasteiger partial charge in [-0.05, 0) is 52.4 Å². The average molecular weight is 369 g/mol. The minimum Gasteiger partial charge on any atom is -0.356 e. The van der Waals surface area contributed by atoms with E-state index >= 15 is 0 Å². The van der Waals surface area contributed by atoms with Crippen molar-refractivity contribution < 1.29 is 19.2 Å². The van der Waals surface area contributed by atoms with Crippen molar-refractivity contribution in [2.24, 2.45) is 0 Å². The normalized spacial score (nSPS) is 10.4. The van der Waals surface area contributed by atoms with Gasteiger partial charge < -0.3 is 20.2 Å². The third kappa shape index (κ3) is 18.6. The van der Waals surface area contributed by atoms with Crippen molar-refractivity contribution in [2.45, 2.75) is 90.9 Å². The van der Waals surface area contributed by atoms with Gasteiger partial charge in [0.05, 0.1) is 0 Å². The molecule has 2 N–H and O–H groups in total. The SMILES string of the molecule is CC(=O)CCCCCNC(=O)CCCCC(=O)NCCCCCC(C)=O. The molecule has 26 heavy (non-hydrogen) atoms. The van der Waals surface area contributed by atoms with Crippen LogP contribution in [0.25, 0.3) is 0 Å². The van der Waals surface area contributed by atoms with Gasteiger partial charge in [-0.2, -0.15) is 0 Å². The van der Waals surface area contributed by atoms with Crippen molar-refractivity contribution in [1.29, 1.82) is 0 Å². The highest BCUT2D eigenvalue weighted by Crippen LogP contribution is 2.03. The Morgan fingerprint density at radius 3 is 1.19 bits per heavy atom. The highest BCUT2D eigenvalue weighted by atomic mass is 16.2. The molecule has 0 rings (SSSR count). The molecule has 0 bridgehead atoms. The monoisotopic (exact) mass is 368 g/mol. The molecular formula is C20H36N2O4. The van der Waals surface area contributed by atoms with Crippen LogP contribution < -0.4 is 10.6 Å². The molecule has 0 aliphatic carbocycles. The Morgan fingerprint density at radius 1 is 0.500 bits per heavy atom. The summed E-state index contributed by atoms with van der Waals surface area (Å²) in [6.07, 6.45) is 9.03. The summed E-state index contributed by atoms with van der Waals surface area (Å²) in [4.78, 5) is 44.9. The minimum atomic E-state index is 0.0300. The molecule has 0 aromatic rings. The second kappa shape index (κ2) is 16.7. The summed E-state index contributed by atoms with van der Waals surface area (Å²) >= 11 is 0. The van der Waals surface area contributed by atoms with Crippen LogP contribution in [0, 0.1) is 0 Å². The van der Waals surface area contributed by atoms with E-state index in [4.69, 9.17) is 0 Å². The quantitative estimate of drug-likeness (QED) is 0.386. The molecule has 0 saturated heterocycles. The molecule has 0 radical (unpaired) electrons. The molecule has 150 valence electrons. The summed E-state index contributed by atoms with van der Waals surface area (Å²) in [6, 6.07) is 0. The summed E-state index contributed by atoms with van der Waals surface area (Å²) < 4.78 is 0. The third-order valence-electron chi connectivity index (χ3n) is 4.11. The third-order valence-corrected chi connectivity index (χ3v) is 4.11. The van der Waals surface area contributed by atoms with Gasteiger partial charge in [-0.3, -0.25) is 9.59 Å². The fraction of sp³-hybridized carbons (Fsp3) is 0.800. The molecule has 0 aliphatic heterocycles. The molecule has 6 heteroatoms. The number of carbonyl (C=O) groups is 4. The van der Waals surface area contributed by atoms with Gasteiger partial charge in [0.2, 0.25) is 11.8 Å². The molecule has 0 saturated carbocycles. The Hall–Kier alpha value is -1.72. The number of hydrogen-bond donors (Lipinski definition) is 2. The van der Waals surface area contributed by atoms with Crippen LogP contribution in [-0.2, 0) is 19.2 Å². The van der Waals surface area contributed by atoms with Crippen molar-refractivity contribution in [3.05, 3.63) is 0 Å². The van der Waals surface area contributed by atoms with Gasteiger partial charge in [0.15, 0.2) is 0 Å². The molecule has 6 nitrogen and oxygen atoms in total. The first-order valence-corrected chi connectivity index (χ1v) is 9.94. The predicted octanol–water partition coefficient (Wildman–Crippen LogP) is 3.08. The average Bonchev–Trinajstić information content (AvgIpc) is 2.57. The molecule has 0 aliphatic rings. The zero-order valence-corrected chi connectivity index (χ0v) is 16.5. The van der Waals surface area contributed by atoms with Crippen LogP contribution in [0.2, 0.25) is 0 Å². The largest absolute Gasteiger partial charge is 0.356 e. The van der Waals surface area contributed by atoms with Crippen molar-refractivity contribution in [3.8, 4) is 0 Å². The summed E-state index contributed by atoms with van der Waals surface area (Å²) in [5.41, 5.74) is 0. The Balaban J connectivity index is 3.38. The van der Waals surface area contributed by atoms with Gasteiger partial charge in [0.25, 0.3) is 0 Å². The lowest BCUT2D eigenvalue weighted by Gasteiger charge is -2.06. The molecule has 0 fully saturated rings. The second-order valence-corrected chi connectivity index (χ2v) is 6.93. The van der Waals surface area contributed by atoms with Gasteiger partial charge in [-0.15, -0.1) is 0 Å². The number of carbonyl (C=O) groups excluding carboxylic acids is 4. The fourth-order valence-corrected chi connectivity index (χ4v) is 2.55. The van der Waals surface area contributed by atoms with Crippen LogP contribution >= 0.6 is 0 Å². The van der Waals surface area contributed by atoms with E-state index in [1.807, 2.05) is 0 Å². The maximum atomic E-state index is 11.7. The Labute approximate surface area is 157 Å². The Kier molecular flexibility index (Phi) is 15.6. The van der Waals surface area contributed by atoms with Gasteiger partial charge in [0.1, 0.15) is 11.6 Å². The predicted molar refractivity (Wildman–Crippen MR) is 103 cm³/mol. The first-order chi connectivity index (χ1) is 12.4. The topological polar surface area (TPSA) is 92.3 Å². The lowest BCUT2D eigenvalue weighted by atomic mass is 10.1. The molecule has 0 spiro atoms. The fourth-order valence-electron chi connectivity index (χ4n) is 2.55. The van der Waals surface area contributed by atoms with E-state index in [1.54, 1.807) is 13.8 Å². The van der Waals surface area contributed by atoms with Crippen LogP contribution in [0.1, 0.15) is 90.9 Å². The van der Waals surface area contributed by atoms with E-state index in [0.717, 1.165) is 38.5 Å². The number of Topliss-reactive ketones (excluding diaryl/α,β-unsaturated/α-hetero) is 2. The van der Waals surface area contributed by atoms with Crippen LogP contribution in [0.3, 0.4) is 0 Å². The number of rotatable bonds is 17. The van der Waals surface area contributed by atoms with Crippen LogP contribution in [-0.4, -0.2) is 36.5 Å². The van der Waals surface area contributed by atoms with Crippen molar-refractivity contribution in [3.63, 3.8) is 0 Å². The van der Waals surface area contributed by atoms with E-state index in [-0.39, 0.29) is 23.4 Å². The maximum Gasteiger partial charge on any atom is 0.219 e. The number of nitrogens with one attached hydrogen (secondary N) is 2. The van der Waals surface area contributed by atoms with Crippen LogP contribution in [0.15, 0.2) is 0 Å². The highest BCUT2D eigenvalue weighted by molar-refractivity contribution is 5.77. The smallest absolute Gasteiger partial charge is 0.219 e. The number of hydrogen-bond acceptors (Lipinski definition) is 4. The van der Waals surface area contributed by atoms with Crippen molar-refractivity contribution in [2.75, 3.05) is 13.1 Å². The molecule has 0 aromatic heterocycles. The zero-order chi connectivity index (χ0) is 19.6. The number of unbranched alkanes of at least 4 members (excludes halogenated alkanes) is 5. The second-order valence-electron chi connectivity index (χ2n) is 6.93. The minimum absolute atomic E-state index is 0.0300. The summed E-state index contributed by atoms with van der Waals surface area (Å²) in [5, 5.41) is 5.74. The van der Waals surface area contributed by atoms with E-state index < -0.39 is 0 Å². The van der Waals surface area contributed by atoms with Crippen LogP contribution in [0.4, 0.5) is 0 Å². The summed E-state index contributed by atoms with van der Waals surface area (Å²) in [6.45, 7) is 4.50. The zero-order valence-electron chi connectivity index (χ0n) is 16.5. The van der Waals surface area contributed by atoms with Gasteiger partial charge in [-0.25, -0.2) is 0 Å². The molecule has 0 heterocycles. The van der Waals surface area contributed by atoms with E-state index in [1.165, 1.54) is 0 Å². The molecular weight excluding hydrogens is 332 g/mol. The molecule has 0 atom stereocenters. The highest BCUT2D eigenvalue weighted by Gasteiger charge is 2.04. The Morgan fingerprint density at radius 2 is 0.846 bits per heavy atom. The number of ketones is 2. The molecule has 2 amide bonds. The van der Waals surface area contributed by atoms with E-state index in [0.29, 0.717) is 51.6 Å². The van der Waals surface area contributed by atoms with Gasteiger partial charge in [-0.1, -0.05) is 12.8 Å². The molecule has 0 unspecified atom stereocenters. The first kappa shape index (κ1) is 24.3. The summed E-state index contributed by atoms with van der Waals surface area (Å²) in [5.74, 6) is 0.488. The first-order valence-electron chi connectivity index (χ1n) is 9.94. The molecule has 0 aromatic carbocycles. The maximum absolute atomic E-state index is 11.7. The summed E-state index contributed by atoms with van der Waals surface area (Å²) in [7, 11) is 0. The van der Waals surface area contributed by atoms with Gasteiger partial charge in [0, 0.05) is 38.8 Å². The van der Waals surface area contributed by atoms with E-state index in [2.05, 4.69) is 10.6 Å².